The third kappa shape index (κ3) is 1.65. The molecule has 6 heteroatoms. The average Bonchev–Trinajstić information content (AvgIpc) is 3.38. The Morgan fingerprint density at radius 2 is 2.18 bits per heavy atom. The molecule has 8 atom stereocenters. The Kier molecular flexibility index (Phi) is 3.30. The van der Waals surface area contributed by atoms with Gasteiger partial charge < -0.3 is 18.9 Å². The van der Waals surface area contributed by atoms with E-state index in [2.05, 4.69) is 18.7 Å². The molecule has 6 heterocycles. The molecule has 0 amide bonds. The number of esters is 1. The molecular weight excluding hydrogens is 358 g/mol. The zero-order valence-corrected chi connectivity index (χ0v) is 17.1. The molecule has 8 unspecified atom stereocenters. The van der Waals surface area contributed by atoms with Crippen LogP contribution in [-0.4, -0.2) is 48.0 Å². The lowest BCUT2D eigenvalue weighted by Gasteiger charge is -2.48. The third-order valence-corrected chi connectivity index (χ3v) is 8.53. The smallest absolute Gasteiger partial charge is 0.343 e. The summed E-state index contributed by atoms with van der Waals surface area (Å²) in [7, 11) is 1.58. The van der Waals surface area contributed by atoms with Crippen LogP contribution in [0.15, 0.2) is 22.9 Å². The van der Waals surface area contributed by atoms with Crippen molar-refractivity contribution in [3.63, 3.8) is 0 Å². The van der Waals surface area contributed by atoms with Gasteiger partial charge >= 0.3 is 5.97 Å². The summed E-state index contributed by atoms with van der Waals surface area (Å²) in [6.45, 7) is 7.37. The van der Waals surface area contributed by atoms with Crippen LogP contribution in [0.3, 0.4) is 0 Å². The van der Waals surface area contributed by atoms with E-state index in [1.807, 2.05) is 0 Å². The first kappa shape index (κ1) is 17.3. The Labute approximate surface area is 165 Å². The fraction of sp³-hybridized carbons (Fsp3) is 0.773. The SMILES string of the molecule is CCCCC12C3CC4C5C(C)/C(=C6/OC(=O)C(C)=C6OC)OC5(O3)C1CCN42. The predicted octanol–water partition coefficient (Wildman–Crippen LogP) is 3.09. The summed E-state index contributed by atoms with van der Waals surface area (Å²) < 4.78 is 24.7. The van der Waals surface area contributed by atoms with Crippen molar-refractivity contribution in [3.8, 4) is 0 Å². The number of hydrogen-bond acceptors (Lipinski definition) is 6. The van der Waals surface area contributed by atoms with E-state index in [0.717, 1.165) is 25.1 Å². The monoisotopic (exact) mass is 387 g/mol. The molecule has 6 aliphatic heterocycles. The average molecular weight is 387 g/mol. The number of methoxy groups -OCH3 is 1. The quantitative estimate of drug-likeness (QED) is 0.691. The second-order valence-corrected chi connectivity index (χ2v) is 9.42. The summed E-state index contributed by atoms with van der Waals surface area (Å²) in [5, 5.41) is 0. The maximum atomic E-state index is 12.2. The zero-order valence-electron chi connectivity index (χ0n) is 17.1. The van der Waals surface area contributed by atoms with Crippen LogP contribution in [0.2, 0.25) is 0 Å². The summed E-state index contributed by atoms with van der Waals surface area (Å²) in [4.78, 5) is 14.9. The summed E-state index contributed by atoms with van der Waals surface area (Å²) in [5.74, 6) is 1.64. The molecule has 0 aromatic carbocycles. The molecular formula is C22H29NO5. The Balaban J connectivity index is 1.46. The Morgan fingerprint density at radius 1 is 1.36 bits per heavy atom. The van der Waals surface area contributed by atoms with Gasteiger partial charge in [-0.15, -0.1) is 0 Å². The molecule has 0 aromatic rings. The first-order valence-corrected chi connectivity index (χ1v) is 10.8. The van der Waals surface area contributed by atoms with Crippen LogP contribution < -0.4 is 0 Å². The molecule has 0 N–H and O–H groups in total. The number of unbranched alkanes of at least 4 members (excludes halogenated alkanes) is 1. The van der Waals surface area contributed by atoms with Crippen LogP contribution in [0.4, 0.5) is 0 Å². The maximum absolute atomic E-state index is 12.2. The Bertz CT molecular complexity index is 833. The van der Waals surface area contributed by atoms with Gasteiger partial charge in [-0.3, -0.25) is 4.90 Å². The molecule has 6 rings (SSSR count). The van der Waals surface area contributed by atoms with Gasteiger partial charge in [-0.1, -0.05) is 26.7 Å². The highest BCUT2D eigenvalue weighted by atomic mass is 16.7. The molecule has 0 radical (unpaired) electrons. The van der Waals surface area contributed by atoms with Crippen molar-refractivity contribution in [2.45, 2.75) is 76.3 Å². The lowest BCUT2D eigenvalue weighted by molar-refractivity contribution is -0.256. The highest BCUT2D eigenvalue weighted by Gasteiger charge is 2.84. The molecule has 1 spiro atoms. The minimum absolute atomic E-state index is 0.134. The molecule has 6 aliphatic rings. The minimum atomic E-state index is -0.558. The summed E-state index contributed by atoms with van der Waals surface area (Å²) in [6, 6.07) is 0.496. The van der Waals surface area contributed by atoms with Gasteiger partial charge in [-0.05, 0) is 32.7 Å². The van der Waals surface area contributed by atoms with Crippen LogP contribution in [0.25, 0.3) is 0 Å². The maximum Gasteiger partial charge on any atom is 0.343 e. The summed E-state index contributed by atoms with van der Waals surface area (Å²) in [6.07, 6.45) is 6.15. The number of piperidine rings is 1. The Hall–Kier alpha value is -1.53. The molecule has 6 nitrogen and oxygen atoms in total. The lowest BCUT2D eigenvalue weighted by Crippen LogP contribution is -2.61. The van der Waals surface area contributed by atoms with Gasteiger partial charge in [0.25, 0.3) is 0 Å². The number of fused-ring (bicyclic) bond motifs is 1. The van der Waals surface area contributed by atoms with Gasteiger partial charge in [0.05, 0.1) is 30.2 Å². The molecule has 5 saturated heterocycles. The van der Waals surface area contributed by atoms with E-state index in [1.54, 1.807) is 14.0 Å². The second kappa shape index (κ2) is 5.33. The molecule has 0 aliphatic carbocycles. The van der Waals surface area contributed by atoms with Crippen molar-refractivity contribution in [1.82, 2.24) is 4.90 Å². The largest absolute Gasteiger partial charge is 0.492 e. The number of carbonyl (C=O) groups is 1. The topological polar surface area (TPSA) is 57.2 Å². The number of rotatable bonds is 4. The van der Waals surface area contributed by atoms with Crippen molar-refractivity contribution in [1.29, 1.82) is 0 Å². The van der Waals surface area contributed by atoms with E-state index in [1.165, 1.54) is 19.3 Å². The first-order chi connectivity index (χ1) is 13.5. The minimum Gasteiger partial charge on any atom is -0.492 e. The van der Waals surface area contributed by atoms with Crippen LogP contribution in [0.5, 0.6) is 0 Å². The van der Waals surface area contributed by atoms with E-state index < -0.39 is 5.79 Å². The van der Waals surface area contributed by atoms with Crippen LogP contribution in [0.1, 0.15) is 52.9 Å². The second-order valence-electron chi connectivity index (χ2n) is 9.42. The van der Waals surface area contributed by atoms with Crippen LogP contribution in [-0.2, 0) is 23.7 Å². The van der Waals surface area contributed by atoms with Gasteiger partial charge in [0.2, 0.25) is 11.5 Å². The van der Waals surface area contributed by atoms with Crippen LogP contribution in [0, 0.1) is 17.8 Å². The Morgan fingerprint density at radius 3 is 2.93 bits per heavy atom. The fourth-order valence-electron chi connectivity index (χ4n) is 7.64. The number of allylic oxidation sites excluding steroid dienone is 1. The third-order valence-electron chi connectivity index (χ3n) is 8.53. The van der Waals surface area contributed by atoms with Crippen molar-refractivity contribution >= 4 is 5.97 Å². The van der Waals surface area contributed by atoms with Crippen LogP contribution >= 0.6 is 0 Å². The highest BCUT2D eigenvalue weighted by molar-refractivity contribution is 5.93. The predicted molar refractivity (Wildman–Crippen MR) is 99.6 cm³/mol. The van der Waals surface area contributed by atoms with Gasteiger partial charge in [0, 0.05) is 17.9 Å². The molecule has 152 valence electrons. The normalized spacial score (nSPS) is 52.5. The van der Waals surface area contributed by atoms with E-state index >= 15 is 0 Å². The zero-order chi connectivity index (χ0) is 19.4. The van der Waals surface area contributed by atoms with E-state index in [-0.39, 0.29) is 29.4 Å². The van der Waals surface area contributed by atoms with E-state index in [4.69, 9.17) is 18.9 Å². The number of ether oxygens (including phenoxy) is 4. The number of carbonyl (C=O) groups excluding carboxylic acids is 1. The fourth-order valence-corrected chi connectivity index (χ4v) is 7.64. The molecule has 5 fully saturated rings. The van der Waals surface area contributed by atoms with Crippen molar-refractivity contribution in [2.75, 3.05) is 13.7 Å². The molecule has 5 bridgehead atoms. The van der Waals surface area contributed by atoms with Gasteiger partial charge in [-0.25, -0.2) is 4.79 Å². The molecule has 28 heavy (non-hydrogen) atoms. The van der Waals surface area contributed by atoms with E-state index in [9.17, 15) is 4.79 Å². The first-order valence-electron chi connectivity index (χ1n) is 10.8. The summed E-state index contributed by atoms with van der Waals surface area (Å²) in [5.41, 5.74) is 0.659. The molecule has 0 aromatic heterocycles. The van der Waals surface area contributed by atoms with Gasteiger partial charge in [0.15, 0.2) is 5.76 Å². The van der Waals surface area contributed by atoms with Crippen molar-refractivity contribution < 1.29 is 23.7 Å². The van der Waals surface area contributed by atoms with Crippen molar-refractivity contribution in [2.24, 2.45) is 17.8 Å². The number of hydrogen-bond donors (Lipinski definition) is 0. The van der Waals surface area contributed by atoms with Gasteiger partial charge in [-0.2, -0.15) is 0 Å². The standard InChI is InChI=1S/C22H29NO5/c1-5-6-8-21-14-7-9-23(21)13-10-15(21)27-22(14)16(13)11(2)18(28-22)19-17(25-4)12(3)20(24)26-19/h11,13-16H,5-10H2,1-4H3/b19-18-. The molecule has 0 saturated carbocycles. The summed E-state index contributed by atoms with van der Waals surface area (Å²) >= 11 is 0. The van der Waals surface area contributed by atoms with Crippen molar-refractivity contribution in [3.05, 3.63) is 22.9 Å². The van der Waals surface area contributed by atoms with Gasteiger partial charge in [0.1, 0.15) is 5.76 Å². The number of cyclic esters (lactones) is 1. The lowest BCUT2D eigenvalue weighted by atomic mass is 9.69. The highest BCUT2D eigenvalue weighted by Crippen LogP contribution is 2.73. The number of nitrogens with zero attached hydrogens (tertiary/aromatic N) is 1. The van der Waals surface area contributed by atoms with E-state index in [0.29, 0.717) is 29.1 Å².